The third-order valence-corrected chi connectivity index (χ3v) is 2.19. The summed E-state index contributed by atoms with van der Waals surface area (Å²) in [5, 5.41) is 10.2. The van der Waals surface area contributed by atoms with Crippen molar-refractivity contribution in [1.82, 2.24) is 0 Å². The van der Waals surface area contributed by atoms with Crippen molar-refractivity contribution in [2.24, 2.45) is 5.73 Å². The minimum absolute atomic E-state index is 0.373. The quantitative estimate of drug-likeness (QED) is 0.652. The van der Waals surface area contributed by atoms with Gasteiger partial charge >= 0.3 is 6.18 Å². The molecule has 0 fully saturated rings. The van der Waals surface area contributed by atoms with E-state index in [1.165, 1.54) is 6.07 Å². The first-order chi connectivity index (χ1) is 7.25. The molecule has 1 rings (SSSR count). The van der Waals surface area contributed by atoms with Crippen molar-refractivity contribution < 1.29 is 18.1 Å². The van der Waals surface area contributed by atoms with Crippen LogP contribution in [-0.4, -0.2) is 11.1 Å². The van der Waals surface area contributed by atoms with Gasteiger partial charge in [0, 0.05) is 0 Å². The molecule has 16 heavy (non-hydrogen) atoms. The fourth-order valence-electron chi connectivity index (χ4n) is 1.15. The number of hydrogen-bond donors (Lipinski definition) is 1. The van der Waals surface area contributed by atoms with Gasteiger partial charge in [0.2, 0.25) is 0 Å². The van der Waals surface area contributed by atoms with Crippen molar-refractivity contribution in [3.8, 4) is 0 Å². The van der Waals surface area contributed by atoms with Gasteiger partial charge in [-0.05, 0) is 6.07 Å². The van der Waals surface area contributed by atoms with Crippen LogP contribution in [0.4, 0.5) is 18.9 Å². The van der Waals surface area contributed by atoms with Crippen molar-refractivity contribution in [1.29, 1.82) is 0 Å². The second-order valence-electron chi connectivity index (χ2n) is 2.95. The summed E-state index contributed by atoms with van der Waals surface area (Å²) < 4.78 is 37.0. The fourth-order valence-corrected chi connectivity index (χ4v) is 1.40. The van der Waals surface area contributed by atoms with Gasteiger partial charge in [-0.2, -0.15) is 13.2 Å². The lowest BCUT2D eigenvalue weighted by atomic mass is 10.1. The Hall–Kier alpha value is -1.34. The second-order valence-corrected chi connectivity index (χ2v) is 3.36. The van der Waals surface area contributed by atoms with Crippen LogP contribution in [0, 0.1) is 10.1 Å². The lowest BCUT2D eigenvalue weighted by Gasteiger charge is -2.15. The Morgan fingerprint density at radius 1 is 1.44 bits per heavy atom. The molecule has 0 radical (unpaired) electrons. The highest BCUT2D eigenvalue weighted by Gasteiger charge is 2.41. The summed E-state index contributed by atoms with van der Waals surface area (Å²) in [5.74, 6) is 0. The van der Waals surface area contributed by atoms with Crippen molar-refractivity contribution in [3.63, 3.8) is 0 Å². The van der Waals surface area contributed by atoms with E-state index >= 15 is 0 Å². The first-order valence-corrected chi connectivity index (χ1v) is 4.38. The number of hydrogen-bond acceptors (Lipinski definition) is 3. The highest BCUT2D eigenvalue weighted by molar-refractivity contribution is 6.32. The van der Waals surface area contributed by atoms with E-state index in [9.17, 15) is 23.3 Å². The van der Waals surface area contributed by atoms with E-state index in [-0.39, 0.29) is 5.02 Å². The molecule has 0 aliphatic rings. The maximum Gasteiger partial charge on any atom is 0.407 e. The minimum atomic E-state index is -4.75. The predicted octanol–water partition coefficient (Wildman–Crippen LogP) is 2.81. The van der Waals surface area contributed by atoms with Gasteiger partial charge in [0.1, 0.15) is 11.1 Å². The molecule has 0 bridgehead atoms. The Labute approximate surface area is 93.0 Å². The largest absolute Gasteiger partial charge is 0.407 e. The highest BCUT2D eigenvalue weighted by atomic mass is 35.5. The second kappa shape index (κ2) is 4.26. The number of nitrogens with two attached hydrogens (primary N) is 1. The molecule has 4 nitrogen and oxygen atoms in total. The van der Waals surface area contributed by atoms with E-state index in [4.69, 9.17) is 17.3 Å². The normalized spacial score (nSPS) is 13.6. The molecule has 0 aliphatic heterocycles. The zero-order chi connectivity index (χ0) is 12.5. The summed E-state index contributed by atoms with van der Waals surface area (Å²) in [7, 11) is 0. The lowest BCUT2D eigenvalue weighted by Crippen LogP contribution is -2.29. The Morgan fingerprint density at radius 2 is 2.00 bits per heavy atom. The van der Waals surface area contributed by atoms with E-state index in [2.05, 4.69) is 0 Å². The molecule has 1 aromatic carbocycles. The van der Waals surface area contributed by atoms with E-state index in [0.29, 0.717) is 0 Å². The van der Waals surface area contributed by atoms with Gasteiger partial charge in [0.05, 0.1) is 10.5 Å². The van der Waals surface area contributed by atoms with Crippen LogP contribution in [0.25, 0.3) is 0 Å². The molecule has 0 saturated heterocycles. The van der Waals surface area contributed by atoms with Crippen LogP contribution >= 0.6 is 11.6 Å². The van der Waals surface area contributed by atoms with Crippen molar-refractivity contribution in [3.05, 3.63) is 38.9 Å². The van der Waals surface area contributed by atoms with Gasteiger partial charge in [0.15, 0.2) is 0 Å². The maximum absolute atomic E-state index is 12.3. The summed E-state index contributed by atoms with van der Waals surface area (Å²) >= 11 is 5.45. The third-order valence-electron chi connectivity index (χ3n) is 1.89. The summed E-state index contributed by atoms with van der Waals surface area (Å²) in [6.45, 7) is 0. The average molecular weight is 255 g/mol. The molecule has 0 spiro atoms. The third kappa shape index (κ3) is 2.42. The predicted molar refractivity (Wildman–Crippen MR) is 51.1 cm³/mol. The molecule has 0 saturated carbocycles. The zero-order valence-electron chi connectivity index (χ0n) is 7.66. The summed E-state index contributed by atoms with van der Waals surface area (Å²) in [5.41, 5.74) is 3.43. The number of para-hydroxylation sites is 1. The van der Waals surface area contributed by atoms with Gasteiger partial charge in [-0.25, -0.2) is 0 Å². The summed E-state index contributed by atoms with van der Waals surface area (Å²) in [6.07, 6.45) is -4.75. The Balaban J connectivity index is 3.34. The number of nitrogens with zero attached hydrogens (tertiary/aromatic N) is 1. The van der Waals surface area contributed by atoms with Gasteiger partial charge < -0.3 is 5.73 Å². The van der Waals surface area contributed by atoms with Crippen LogP contribution in [-0.2, 0) is 0 Å². The summed E-state index contributed by atoms with van der Waals surface area (Å²) in [6, 6.07) is 0.816. The first kappa shape index (κ1) is 12.7. The van der Waals surface area contributed by atoms with Crippen LogP contribution < -0.4 is 5.73 Å². The molecule has 8 heteroatoms. The van der Waals surface area contributed by atoms with E-state index in [1.54, 1.807) is 0 Å². The van der Waals surface area contributed by atoms with E-state index in [0.717, 1.165) is 12.1 Å². The molecule has 0 unspecified atom stereocenters. The lowest BCUT2D eigenvalue weighted by molar-refractivity contribution is -0.386. The molecular formula is C8H6ClF3N2O2. The van der Waals surface area contributed by atoms with Crippen LogP contribution in [0.15, 0.2) is 18.2 Å². The van der Waals surface area contributed by atoms with E-state index in [1.807, 2.05) is 0 Å². The van der Waals surface area contributed by atoms with Crippen LogP contribution in [0.5, 0.6) is 0 Å². The molecule has 1 atom stereocenters. The zero-order valence-corrected chi connectivity index (χ0v) is 8.42. The van der Waals surface area contributed by atoms with Crippen molar-refractivity contribution >= 4 is 17.3 Å². The number of halogens is 4. The Morgan fingerprint density at radius 3 is 2.44 bits per heavy atom. The minimum Gasteiger partial charge on any atom is -0.316 e. The molecule has 0 heterocycles. The Kier molecular flexibility index (Phi) is 3.39. The molecule has 2 N–H and O–H groups in total. The van der Waals surface area contributed by atoms with Crippen LogP contribution in [0.1, 0.15) is 11.6 Å². The Bertz CT molecular complexity index is 422. The van der Waals surface area contributed by atoms with Crippen LogP contribution in [0.2, 0.25) is 5.02 Å². The van der Waals surface area contributed by atoms with E-state index < -0.39 is 28.4 Å². The number of alkyl halides is 3. The molecular weight excluding hydrogens is 249 g/mol. The SMILES string of the molecule is N[C@@H](c1cccc(Cl)c1[N+](=O)[O-])C(F)(F)F. The topological polar surface area (TPSA) is 69.2 Å². The van der Waals surface area contributed by atoms with Gasteiger partial charge in [-0.3, -0.25) is 10.1 Å². The highest BCUT2D eigenvalue weighted by Crippen LogP contribution is 2.38. The number of benzene rings is 1. The first-order valence-electron chi connectivity index (χ1n) is 4.00. The maximum atomic E-state index is 12.3. The molecule has 0 aromatic heterocycles. The average Bonchev–Trinajstić information content (AvgIpc) is 2.14. The monoisotopic (exact) mass is 254 g/mol. The van der Waals surface area contributed by atoms with Crippen molar-refractivity contribution in [2.45, 2.75) is 12.2 Å². The summed E-state index contributed by atoms with van der Waals surface area (Å²) in [4.78, 5) is 9.59. The number of nitro groups is 1. The van der Waals surface area contributed by atoms with Crippen molar-refractivity contribution in [2.75, 3.05) is 0 Å². The fraction of sp³-hybridized carbons (Fsp3) is 0.250. The smallest absolute Gasteiger partial charge is 0.316 e. The molecule has 0 aliphatic carbocycles. The molecule has 0 amide bonds. The van der Waals surface area contributed by atoms with Crippen LogP contribution in [0.3, 0.4) is 0 Å². The standard InChI is InChI=1S/C8H6ClF3N2O2/c9-5-3-1-2-4(6(5)14(15)16)7(13)8(10,11)12/h1-3,7H,13H2/t7-/m0/s1. The van der Waals surface area contributed by atoms with Gasteiger partial charge in [-0.1, -0.05) is 23.7 Å². The number of rotatable bonds is 2. The van der Waals surface area contributed by atoms with Gasteiger partial charge in [-0.15, -0.1) is 0 Å². The van der Waals surface area contributed by atoms with Gasteiger partial charge in [0.25, 0.3) is 5.69 Å². The molecule has 1 aromatic rings. The molecule has 88 valence electrons. The number of nitro benzene ring substituents is 1.